The topological polar surface area (TPSA) is 114 Å². The van der Waals surface area contributed by atoms with Crippen LogP contribution in [-0.2, 0) is 14.4 Å². The highest BCUT2D eigenvalue weighted by Crippen LogP contribution is 2.38. The van der Waals surface area contributed by atoms with Crippen molar-refractivity contribution in [2.45, 2.75) is 16.6 Å². The van der Waals surface area contributed by atoms with Crippen LogP contribution in [0.1, 0.15) is 22.3 Å². The smallest absolute Gasteiger partial charge is 0.272 e. The van der Waals surface area contributed by atoms with Crippen LogP contribution in [0.2, 0.25) is 0 Å². The number of carbonyl (C=O) groups excluding carboxylic acids is 4. The number of hydrogen-bond donors (Lipinski definition) is 2. The van der Waals surface area contributed by atoms with Gasteiger partial charge < -0.3 is 20.1 Å². The predicted molar refractivity (Wildman–Crippen MR) is 185 cm³/mol. The van der Waals surface area contributed by atoms with Crippen LogP contribution in [0.25, 0.3) is 6.08 Å². The summed E-state index contributed by atoms with van der Waals surface area (Å²) in [5, 5.41) is 4.94. The quantitative estimate of drug-likeness (QED) is 0.131. The number of amides is 4. The minimum atomic E-state index is -0.624. The molecule has 1 fully saturated rings. The number of rotatable bonds is 10. The molecule has 1 unspecified atom stereocenters. The molecule has 0 bridgehead atoms. The Balaban J connectivity index is 1.39. The molecule has 12 heteroatoms. The van der Waals surface area contributed by atoms with Gasteiger partial charge in [0, 0.05) is 37.1 Å². The molecule has 0 radical (unpaired) electrons. The van der Waals surface area contributed by atoms with Gasteiger partial charge in [-0.25, -0.2) is 4.90 Å². The second kappa shape index (κ2) is 14.8. The molecule has 234 valence electrons. The van der Waals surface area contributed by atoms with Gasteiger partial charge in [0.1, 0.15) is 5.70 Å². The summed E-state index contributed by atoms with van der Waals surface area (Å²) in [4.78, 5) is 54.7. The van der Waals surface area contributed by atoms with E-state index < -0.39 is 17.1 Å². The molecule has 4 amide bonds. The molecule has 0 spiro atoms. The Morgan fingerprint density at radius 2 is 1.65 bits per heavy atom. The van der Waals surface area contributed by atoms with E-state index in [0.29, 0.717) is 43.4 Å². The Labute approximate surface area is 286 Å². The maximum atomic E-state index is 13.7. The van der Waals surface area contributed by atoms with Gasteiger partial charge in [-0.3, -0.25) is 19.2 Å². The molecule has 1 atom stereocenters. The van der Waals surface area contributed by atoms with Crippen LogP contribution >= 0.6 is 43.6 Å². The van der Waals surface area contributed by atoms with Crippen LogP contribution < -0.4 is 25.0 Å². The van der Waals surface area contributed by atoms with Crippen molar-refractivity contribution in [3.8, 4) is 11.5 Å². The van der Waals surface area contributed by atoms with E-state index in [4.69, 9.17) is 9.47 Å². The lowest BCUT2D eigenvalue weighted by molar-refractivity contribution is -0.121. The van der Waals surface area contributed by atoms with Gasteiger partial charge in [-0.1, -0.05) is 56.1 Å². The number of halogens is 2. The lowest BCUT2D eigenvalue weighted by Gasteiger charge is -2.16. The Bertz CT molecular complexity index is 1830. The number of carbonyl (C=O) groups is 4. The maximum Gasteiger partial charge on any atom is 0.272 e. The largest absolute Gasteiger partial charge is 0.493 e. The maximum absolute atomic E-state index is 13.7. The third kappa shape index (κ3) is 7.52. The van der Waals surface area contributed by atoms with E-state index in [1.54, 1.807) is 91.0 Å². The second-order valence-corrected chi connectivity index (χ2v) is 13.0. The first-order valence-corrected chi connectivity index (χ1v) is 16.3. The van der Waals surface area contributed by atoms with Gasteiger partial charge in [-0.05, 0) is 72.8 Å². The Morgan fingerprint density at radius 1 is 0.913 bits per heavy atom. The van der Waals surface area contributed by atoms with Crippen LogP contribution in [0.4, 0.5) is 11.4 Å². The highest BCUT2D eigenvalue weighted by atomic mass is 79.9. The van der Waals surface area contributed by atoms with Gasteiger partial charge in [0.15, 0.2) is 11.5 Å². The number of anilines is 2. The minimum Gasteiger partial charge on any atom is -0.493 e. The van der Waals surface area contributed by atoms with E-state index in [2.05, 4.69) is 42.5 Å². The molecule has 5 rings (SSSR count). The average Bonchev–Trinajstić information content (AvgIpc) is 3.33. The highest BCUT2D eigenvalue weighted by molar-refractivity contribution is 9.10. The van der Waals surface area contributed by atoms with Gasteiger partial charge >= 0.3 is 0 Å². The zero-order valence-electron chi connectivity index (χ0n) is 24.6. The summed E-state index contributed by atoms with van der Waals surface area (Å²) in [5.41, 5.74) is 1.72. The lowest BCUT2D eigenvalue weighted by atomic mass is 10.1. The van der Waals surface area contributed by atoms with E-state index in [-0.39, 0.29) is 23.9 Å². The molecule has 2 N–H and O–H groups in total. The number of methoxy groups -OCH3 is 2. The van der Waals surface area contributed by atoms with Crippen molar-refractivity contribution in [1.82, 2.24) is 5.32 Å². The molecular formula is C34H27Br2N3O6S. The van der Waals surface area contributed by atoms with Crippen LogP contribution in [0.3, 0.4) is 0 Å². The molecule has 0 aromatic heterocycles. The SMILES string of the molecule is COc1ccc(Br)c(C=C(NC(=O)c2ccccc2)C(=O)Nc2cccc(SC3CC(=O)N(c4ccc(Br)cc4)C3=O)c2)c1OC. The molecule has 1 aliphatic rings. The first-order chi connectivity index (χ1) is 22.2. The number of nitrogens with zero attached hydrogens (tertiary/aromatic N) is 1. The standard InChI is InChI=1S/C34H27Br2N3O6S/c1-44-28-16-15-26(36)25(31(28)45-2)18-27(38-32(41)20-7-4-3-5-8-20)33(42)37-22-9-6-10-24(17-22)46-29-19-30(40)39(34(29)43)23-13-11-21(35)12-14-23/h3-18,29H,19H2,1-2H3,(H,37,42)(H,38,41). The summed E-state index contributed by atoms with van der Waals surface area (Å²) < 4.78 is 12.4. The molecular weight excluding hydrogens is 738 g/mol. The molecule has 4 aromatic carbocycles. The lowest BCUT2D eigenvalue weighted by Crippen LogP contribution is -2.31. The van der Waals surface area contributed by atoms with Crippen molar-refractivity contribution in [3.05, 3.63) is 117 Å². The third-order valence-corrected chi connectivity index (χ3v) is 9.31. The summed E-state index contributed by atoms with van der Waals surface area (Å²) in [6.07, 6.45) is 1.55. The number of ether oxygens (including phenoxy) is 2. The fourth-order valence-electron chi connectivity index (χ4n) is 4.72. The summed E-state index contributed by atoms with van der Waals surface area (Å²) >= 11 is 8.11. The molecule has 9 nitrogen and oxygen atoms in total. The number of hydrogen-bond acceptors (Lipinski definition) is 7. The molecule has 1 aliphatic heterocycles. The van der Waals surface area contributed by atoms with Crippen molar-refractivity contribution in [1.29, 1.82) is 0 Å². The first-order valence-electron chi connectivity index (χ1n) is 13.9. The van der Waals surface area contributed by atoms with Crippen LogP contribution in [0.5, 0.6) is 11.5 Å². The summed E-state index contributed by atoms with van der Waals surface area (Å²) in [7, 11) is 2.98. The van der Waals surface area contributed by atoms with Gasteiger partial charge in [0.2, 0.25) is 11.8 Å². The summed E-state index contributed by atoms with van der Waals surface area (Å²) in [6.45, 7) is 0. The Hall–Kier alpha value is -4.39. The molecule has 0 aliphatic carbocycles. The highest BCUT2D eigenvalue weighted by Gasteiger charge is 2.40. The molecule has 46 heavy (non-hydrogen) atoms. The van der Waals surface area contributed by atoms with Crippen LogP contribution in [0, 0.1) is 0 Å². The van der Waals surface area contributed by atoms with Crippen molar-refractivity contribution < 1.29 is 28.7 Å². The molecule has 4 aromatic rings. The van der Waals surface area contributed by atoms with Crippen LogP contribution in [-0.4, -0.2) is 43.1 Å². The van der Waals surface area contributed by atoms with E-state index in [1.807, 2.05) is 0 Å². The van der Waals surface area contributed by atoms with Gasteiger partial charge in [0.05, 0.1) is 25.2 Å². The number of thioether (sulfide) groups is 1. The minimum absolute atomic E-state index is 0.0474. The second-order valence-electron chi connectivity index (χ2n) is 9.91. The van der Waals surface area contributed by atoms with Crippen molar-refractivity contribution >= 4 is 84.7 Å². The van der Waals surface area contributed by atoms with E-state index in [9.17, 15) is 19.2 Å². The monoisotopic (exact) mass is 763 g/mol. The normalized spacial score (nSPS) is 14.7. The third-order valence-electron chi connectivity index (χ3n) is 6.91. The molecule has 0 saturated carbocycles. The average molecular weight is 765 g/mol. The van der Waals surface area contributed by atoms with Crippen molar-refractivity contribution in [2.24, 2.45) is 0 Å². The van der Waals surface area contributed by atoms with E-state index in [1.165, 1.54) is 37.0 Å². The fourth-order valence-corrected chi connectivity index (χ4v) is 6.52. The van der Waals surface area contributed by atoms with Crippen molar-refractivity contribution in [2.75, 3.05) is 24.4 Å². The van der Waals surface area contributed by atoms with Crippen molar-refractivity contribution in [3.63, 3.8) is 0 Å². The van der Waals surface area contributed by atoms with E-state index >= 15 is 0 Å². The zero-order valence-corrected chi connectivity index (χ0v) is 28.6. The van der Waals surface area contributed by atoms with Gasteiger partial charge in [-0.15, -0.1) is 11.8 Å². The summed E-state index contributed by atoms with van der Waals surface area (Å²) in [5.74, 6) is -0.867. The number of imide groups is 1. The Kier molecular flexibility index (Phi) is 10.6. The Morgan fingerprint density at radius 3 is 2.35 bits per heavy atom. The number of nitrogens with one attached hydrogen (secondary N) is 2. The first kappa shape index (κ1) is 33.0. The van der Waals surface area contributed by atoms with Gasteiger partial charge in [-0.2, -0.15) is 0 Å². The summed E-state index contributed by atoms with van der Waals surface area (Å²) in [6, 6.07) is 25.9. The fraction of sp³-hybridized carbons (Fsp3) is 0.118. The number of benzene rings is 4. The molecule has 1 saturated heterocycles. The predicted octanol–water partition coefficient (Wildman–Crippen LogP) is 7.06. The van der Waals surface area contributed by atoms with Gasteiger partial charge in [0.25, 0.3) is 11.8 Å². The van der Waals surface area contributed by atoms with Crippen LogP contribution in [0.15, 0.2) is 111 Å². The van der Waals surface area contributed by atoms with E-state index in [0.717, 1.165) is 4.47 Å². The molecule has 1 heterocycles. The zero-order chi connectivity index (χ0) is 32.8.